The van der Waals surface area contributed by atoms with Crippen molar-refractivity contribution < 1.29 is 14.7 Å². The maximum atomic E-state index is 13.0. The van der Waals surface area contributed by atoms with E-state index in [2.05, 4.69) is 10.3 Å². The van der Waals surface area contributed by atoms with E-state index in [1.165, 1.54) is 0 Å². The van der Waals surface area contributed by atoms with Crippen molar-refractivity contribution in [3.05, 3.63) is 54.1 Å². The first-order valence-corrected chi connectivity index (χ1v) is 8.22. The smallest absolute Gasteiger partial charge is 0.326 e. The Bertz CT molecular complexity index is 985. The Hall–Kier alpha value is -3.46. The summed E-state index contributed by atoms with van der Waals surface area (Å²) < 4.78 is 0. The number of carboxylic acids is 1. The van der Waals surface area contributed by atoms with Gasteiger partial charge in [-0.15, -0.1) is 0 Å². The van der Waals surface area contributed by atoms with Crippen LogP contribution in [0.15, 0.2) is 48.5 Å². The minimum atomic E-state index is -1.16. The lowest BCUT2D eigenvalue weighted by Gasteiger charge is -2.17. The third kappa shape index (κ3) is 3.33. The van der Waals surface area contributed by atoms with Gasteiger partial charge in [-0.1, -0.05) is 36.4 Å². The molecule has 0 aliphatic heterocycles. The Morgan fingerprint density at radius 3 is 2.15 bits per heavy atom. The van der Waals surface area contributed by atoms with E-state index in [4.69, 9.17) is 5.26 Å². The van der Waals surface area contributed by atoms with Crippen molar-refractivity contribution in [3.63, 3.8) is 0 Å². The molecule has 6 heteroatoms. The fourth-order valence-electron chi connectivity index (χ4n) is 2.94. The first-order chi connectivity index (χ1) is 12.5. The predicted octanol–water partition coefficient (Wildman–Crippen LogP) is 3.12. The number of carboxylic acid groups (broad SMARTS) is 1. The van der Waals surface area contributed by atoms with Gasteiger partial charge in [-0.25, -0.2) is 9.78 Å². The van der Waals surface area contributed by atoms with Crippen LogP contribution in [0, 0.1) is 17.2 Å². The fourth-order valence-corrected chi connectivity index (χ4v) is 2.94. The van der Waals surface area contributed by atoms with Crippen LogP contribution in [0.5, 0.6) is 0 Å². The number of carbonyl (C=O) groups excluding carboxylic acids is 1. The van der Waals surface area contributed by atoms with Gasteiger partial charge < -0.3 is 10.4 Å². The molecule has 0 bridgehead atoms. The van der Waals surface area contributed by atoms with Gasteiger partial charge in [-0.3, -0.25) is 4.79 Å². The van der Waals surface area contributed by atoms with Crippen molar-refractivity contribution in [2.45, 2.75) is 19.4 Å². The quantitative estimate of drug-likeness (QED) is 0.690. The number of aromatic nitrogens is 1. The lowest BCUT2D eigenvalue weighted by atomic mass is 10.00. The number of benzene rings is 2. The van der Waals surface area contributed by atoms with Gasteiger partial charge in [0.25, 0.3) is 5.91 Å². The number of nitrogens with one attached hydrogen (secondary N) is 1. The van der Waals surface area contributed by atoms with Gasteiger partial charge in [-0.05, 0) is 25.5 Å². The summed E-state index contributed by atoms with van der Waals surface area (Å²) in [6.07, 6.45) is 0.0402. The lowest BCUT2D eigenvalue weighted by molar-refractivity contribution is -0.139. The van der Waals surface area contributed by atoms with E-state index in [0.717, 1.165) is 0 Å². The molecule has 0 fully saturated rings. The van der Waals surface area contributed by atoms with Crippen molar-refractivity contribution in [2.75, 3.05) is 0 Å². The number of fused-ring (bicyclic) bond motifs is 2. The number of aliphatic carboxylic acids is 1. The first kappa shape index (κ1) is 17.4. The van der Waals surface area contributed by atoms with Crippen LogP contribution >= 0.6 is 0 Å². The number of nitrogens with zero attached hydrogens (tertiary/aromatic N) is 2. The number of para-hydroxylation sites is 2. The van der Waals surface area contributed by atoms with Crippen molar-refractivity contribution in [1.82, 2.24) is 10.3 Å². The third-order valence-corrected chi connectivity index (χ3v) is 4.23. The standard InChI is InChI=1S/C20H17N3O3/c1-12(11-21)10-17(20(25)26)23-19(24)18-13-6-2-4-8-15(13)22-16-9-5-3-7-14(16)18/h2-9,12,17H,10H2,1H3,(H,23,24)(H,25,26)/t12-,17+/m0/s1. The Morgan fingerprint density at radius 2 is 1.65 bits per heavy atom. The number of amides is 1. The molecule has 2 atom stereocenters. The second-order valence-corrected chi connectivity index (χ2v) is 6.15. The zero-order chi connectivity index (χ0) is 18.7. The number of hydrogen-bond donors (Lipinski definition) is 2. The predicted molar refractivity (Wildman–Crippen MR) is 97.5 cm³/mol. The van der Waals surface area contributed by atoms with E-state index in [0.29, 0.717) is 27.4 Å². The maximum Gasteiger partial charge on any atom is 0.326 e. The largest absolute Gasteiger partial charge is 0.480 e. The zero-order valence-electron chi connectivity index (χ0n) is 14.1. The molecule has 3 aromatic rings. The average Bonchev–Trinajstić information content (AvgIpc) is 2.65. The summed E-state index contributed by atoms with van der Waals surface area (Å²) in [7, 11) is 0. The summed E-state index contributed by atoms with van der Waals surface area (Å²) in [6.45, 7) is 1.62. The molecule has 2 aromatic carbocycles. The van der Waals surface area contributed by atoms with E-state index >= 15 is 0 Å². The summed E-state index contributed by atoms with van der Waals surface area (Å²) in [5.74, 6) is -2.14. The molecule has 3 rings (SSSR count). The van der Waals surface area contributed by atoms with Gasteiger partial charge in [0.05, 0.1) is 22.7 Å². The van der Waals surface area contributed by atoms with Crippen LogP contribution < -0.4 is 5.32 Å². The minimum Gasteiger partial charge on any atom is -0.480 e. The van der Waals surface area contributed by atoms with Crippen molar-refractivity contribution in [2.24, 2.45) is 5.92 Å². The highest BCUT2D eigenvalue weighted by Crippen LogP contribution is 2.26. The van der Waals surface area contributed by atoms with Crippen molar-refractivity contribution in [1.29, 1.82) is 5.26 Å². The highest BCUT2D eigenvalue weighted by atomic mass is 16.4. The number of rotatable bonds is 5. The topological polar surface area (TPSA) is 103 Å². The van der Waals surface area contributed by atoms with Gasteiger partial charge in [0.1, 0.15) is 6.04 Å². The van der Waals surface area contributed by atoms with E-state index < -0.39 is 23.8 Å². The van der Waals surface area contributed by atoms with Crippen LogP contribution in [0.4, 0.5) is 0 Å². The molecule has 0 aliphatic rings. The molecule has 1 amide bonds. The monoisotopic (exact) mass is 347 g/mol. The van der Waals surface area contributed by atoms with Gasteiger partial charge in [0.15, 0.2) is 0 Å². The summed E-state index contributed by atoms with van der Waals surface area (Å²) in [5, 5.41) is 22.2. The molecule has 0 spiro atoms. The Labute approximate surface area is 150 Å². The molecule has 0 saturated carbocycles. The summed E-state index contributed by atoms with van der Waals surface area (Å²) in [5.41, 5.74) is 1.71. The summed E-state index contributed by atoms with van der Waals surface area (Å²) in [6, 6.07) is 15.3. The summed E-state index contributed by atoms with van der Waals surface area (Å²) in [4.78, 5) is 29.0. The first-order valence-electron chi connectivity index (χ1n) is 8.22. The Balaban J connectivity index is 2.09. The Morgan fingerprint density at radius 1 is 1.12 bits per heavy atom. The molecule has 6 nitrogen and oxygen atoms in total. The average molecular weight is 347 g/mol. The molecule has 2 N–H and O–H groups in total. The van der Waals surface area contributed by atoms with Crippen LogP contribution in [0.2, 0.25) is 0 Å². The van der Waals surface area contributed by atoms with Gasteiger partial charge in [0, 0.05) is 16.7 Å². The van der Waals surface area contributed by atoms with Gasteiger partial charge in [0.2, 0.25) is 0 Å². The van der Waals surface area contributed by atoms with Gasteiger partial charge in [-0.2, -0.15) is 5.26 Å². The number of hydrogen-bond acceptors (Lipinski definition) is 4. The van der Waals surface area contributed by atoms with E-state index in [-0.39, 0.29) is 6.42 Å². The van der Waals surface area contributed by atoms with Crippen LogP contribution in [0.25, 0.3) is 21.8 Å². The molecule has 26 heavy (non-hydrogen) atoms. The van der Waals surface area contributed by atoms with Crippen molar-refractivity contribution in [3.8, 4) is 6.07 Å². The second kappa shape index (κ2) is 7.19. The van der Waals surface area contributed by atoms with Gasteiger partial charge >= 0.3 is 5.97 Å². The van der Waals surface area contributed by atoms with E-state index in [1.807, 2.05) is 42.5 Å². The molecule has 1 heterocycles. The zero-order valence-corrected chi connectivity index (χ0v) is 14.1. The van der Waals surface area contributed by atoms with Crippen LogP contribution in [-0.2, 0) is 4.79 Å². The minimum absolute atomic E-state index is 0.0402. The molecule has 0 saturated heterocycles. The Kier molecular flexibility index (Phi) is 4.81. The molecular weight excluding hydrogens is 330 g/mol. The fraction of sp³-hybridized carbons (Fsp3) is 0.200. The van der Waals surface area contributed by atoms with Crippen LogP contribution in [0.1, 0.15) is 23.7 Å². The lowest BCUT2D eigenvalue weighted by Crippen LogP contribution is -2.41. The molecular formula is C20H17N3O3. The summed E-state index contributed by atoms with van der Waals surface area (Å²) >= 11 is 0. The second-order valence-electron chi connectivity index (χ2n) is 6.15. The van der Waals surface area contributed by atoms with Crippen LogP contribution in [0.3, 0.4) is 0 Å². The number of pyridine rings is 1. The third-order valence-electron chi connectivity index (χ3n) is 4.23. The maximum absolute atomic E-state index is 13.0. The number of carbonyl (C=O) groups is 2. The van der Waals surface area contributed by atoms with E-state index in [9.17, 15) is 14.7 Å². The molecule has 0 unspecified atom stereocenters. The molecule has 1 aromatic heterocycles. The van der Waals surface area contributed by atoms with Crippen LogP contribution in [-0.4, -0.2) is 28.0 Å². The molecule has 0 aliphatic carbocycles. The SMILES string of the molecule is C[C@H](C#N)C[C@@H](NC(=O)c1c2ccccc2nc2ccccc12)C(=O)O. The molecule has 130 valence electrons. The van der Waals surface area contributed by atoms with E-state index in [1.54, 1.807) is 19.1 Å². The van der Waals surface area contributed by atoms with Crippen molar-refractivity contribution >= 4 is 33.7 Å². The molecule has 0 radical (unpaired) electrons. The highest BCUT2D eigenvalue weighted by Gasteiger charge is 2.25. The number of nitriles is 1. The normalized spacial score (nSPS) is 13.1. The highest BCUT2D eigenvalue weighted by molar-refractivity contribution is 6.16.